The maximum Gasteiger partial charge on any atom is 0.324 e. The number of pyridine rings is 1. The largest absolute Gasteiger partial charge is 0.612 e. The summed E-state index contributed by atoms with van der Waals surface area (Å²) in [5, 5.41) is 4.07. The third-order valence-corrected chi connectivity index (χ3v) is 7.01. The van der Waals surface area contributed by atoms with E-state index >= 15 is 0 Å². The Kier molecular flexibility index (Phi) is 6.60. The number of rotatable bonds is 9. The van der Waals surface area contributed by atoms with Gasteiger partial charge in [-0.1, -0.05) is 12.1 Å². The molecule has 0 aromatic carbocycles. The highest BCUT2D eigenvalue weighted by molar-refractivity contribution is 7.90. The van der Waals surface area contributed by atoms with Crippen LogP contribution in [0.15, 0.2) is 27.7 Å². The van der Waals surface area contributed by atoms with Crippen molar-refractivity contribution in [2.24, 2.45) is 17.8 Å². The van der Waals surface area contributed by atoms with Crippen molar-refractivity contribution < 1.29 is 13.8 Å². The second-order valence-corrected chi connectivity index (χ2v) is 9.53. The lowest BCUT2D eigenvalue weighted by Gasteiger charge is -2.30. The molecule has 0 radical (unpaired) electrons. The van der Waals surface area contributed by atoms with Gasteiger partial charge >= 0.3 is 6.01 Å². The van der Waals surface area contributed by atoms with E-state index in [0.29, 0.717) is 18.5 Å². The van der Waals surface area contributed by atoms with Crippen molar-refractivity contribution in [3.8, 4) is 5.88 Å². The van der Waals surface area contributed by atoms with Crippen LogP contribution >= 0.6 is 0 Å². The monoisotopic (exact) mass is 418 g/mol. The molecular formula is C21H30N4O3S. The molecule has 2 aliphatic rings. The van der Waals surface area contributed by atoms with Crippen molar-refractivity contribution in [3.05, 3.63) is 24.2 Å². The summed E-state index contributed by atoms with van der Waals surface area (Å²) in [6.45, 7) is 4.84. The Balaban J connectivity index is 1.16. The molecule has 0 spiro atoms. The minimum Gasteiger partial charge on any atom is -0.612 e. The van der Waals surface area contributed by atoms with Gasteiger partial charge in [0.05, 0.1) is 12.8 Å². The number of aryl methyl sites for hydroxylation is 1. The quantitative estimate of drug-likeness (QED) is 0.576. The van der Waals surface area contributed by atoms with Crippen LogP contribution in [0.4, 0.5) is 6.01 Å². The standard InChI is InChI=1S/C21H30N4O3S/c1-3-4-19-23-21(28-24-19)25-10-7-15(8-11-25)18-13-16(18)9-12-27-20-6-5-17(14-22-20)29(2)26/h5-6,14-16,18H,3-4,7-13H2,1-2H3. The minimum absolute atomic E-state index is 0.617. The summed E-state index contributed by atoms with van der Waals surface area (Å²) in [6.07, 6.45) is 10.00. The summed E-state index contributed by atoms with van der Waals surface area (Å²) in [6, 6.07) is 4.32. The highest BCUT2D eigenvalue weighted by Crippen LogP contribution is 2.49. The van der Waals surface area contributed by atoms with Gasteiger partial charge in [-0.05, 0) is 61.0 Å². The molecule has 0 N–H and O–H groups in total. The Hall–Kier alpha value is -1.80. The molecule has 3 atom stereocenters. The van der Waals surface area contributed by atoms with Crippen molar-refractivity contribution >= 4 is 17.2 Å². The Morgan fingerprint density at radius 3 is 2.83 bits per heavy atom. The second kappa shape index (κ2) is 9.34. The van der Waals surface area contributed by atoms with E-state index in [2.05, 4.69) is 26.9 Å². The smallest absolute Gasteiger partial charge is 0.324 e. The van der Waals surface area contributed by atoms with Crippen molar-refractivity contribution in [3.63, 3.8) is 0 Å². The van der Waals surface area contributed by atoms with Gasteiger partial charge in [-0.25, -0.2) is 4.98 Å². The molecule has 7 nitrogen and oxygen atoms in total. The van der Waals surface area contributed by atoms with Gasteiger partial charge in [0.15, 0.2) is 10.7 Å². The van der Waals surface area contributed by atoms with Gasteiger partial charge in [0.25, 0.3) is 0 Å². The predicted molar refractivity (Wildman–Crippen MR) is 112 cm³/mol. The number of ether oxygens (including phenoxy) is 1. The first-order chi connectivity index (χ1) is 14.1. The number of hydrogen-bond donors (Lipinski definition) is 0. The zero-order valence-corrected chi connectivity index (χ0v) is 18.1. The van der Waals surface area contributed by atoms with Crippen LogP contribution in [-0.2, 0) is 17.6 Å². The van der Waals surface area contributed by atoms with E-state index < -0.39 is 11.2 Å². The fraction of sp³-hybridized carbons (Fsp3) is 0.667. The second-order valence-electron chi connectivity index (χ2n) is 8.15. The number of hydrogen-bond acceptors (Lipinski definition) is 7. The molecular weight excluding hydrogens is 388 g/mol. The molecule has 1 aliphatic carbocycles. The van der Waals surface area contributed by atoms with Crippen LogP contribution in [0.3, 0.4) is 0 Å². The van der Waals surface area contributed by atoms with Crippen LogP contribution in [0.25, 0.3) is 0 Å². The van der Waals surface area contributed by atoms with Gasteiger partial charge < -0.3 is 18.7 Å². The highest BCUT2D eigenvalue weighted by atomic mass is 32.2. The summed E-state index contributed by atoms with van der Waals surface area (Å²) in [7, 11) is 0. The molecule has 4 rings (SSSR count). The number of piperidine rings is 1. The summed E-state index contributed by atoms with van der Waals surface area (Å²) in [4.78, 5) is 11.7. The Morgan fingerprint density at radius 2 is 2.14 bits per heavy atom. The molecule has 3 unspecified atom stereocenters. The van der Waals surface area contributed by atoms with E-state index in [1.54, 1.807) is 18.5 Å². The van der Waals surface area contributed by atoms with Crippen LogP contribution in [0.5, 0.6) is 5.88 Å². The minimum atomic E-state index is -0.998. The molecule has 2 fully saturated rings. The van der Waals surface area contributed by atoms with Crippen LogP contribution in [0.1, 0.15) is 44.9 Å². The molecule has 158 valence electrons. The lowest BCUT2D eigenvalue weighted by Crippen LogP contribution is -2.34. The molecule has 2 aromatic rings. The predicted octanol–water partition coefficient (Wildman–Crippen LogP) is 3.48. The van der Waals surface area contributed by atoms with E-state index in [1.807, 2.05) is 6.07 Å². The Bertz CT molecular complexity index is 774. The zero-order valence-electron chi connectivity index (χ0n) is 17.2. The molecule has 0 amide bonds. The molecule has 1 aliphatic heterocycles. The molecule has 8 heteroatoms. The van der Waals surface area contributed by atoms with Gasteiger partial charge in [0.1, 0.15) is 6.26 Å². The zero-order chi connectivity index (χ0) is 20.2. The van der Waals surface area contributed by atoms with Crippen LogP contribution in [0.2, 0.25) is 0 Å². The van der Waals surface area contributed by atoms with E-state index in [9.17, 15) is 4.55 Å². The van der Waals surface area contributed by atoms with Crippen LogP contribution < -0.4 is 9.64 Å². The fourth-order valence-corrected chi connectivity index (χ4v) is 4.80. The molecule has 0 bridgehead atoms. The summed E-state index contributed by atoms with van der Waals surface area (Å²) < 4.78 is 22.6. The molecule has 3 heterocycles. The first-order valence-electron chi connectivity index (χ1n) is 10.6. The molecule has 2 aromatic heterocycles. The number of aromatic nitrogens is 3. The van der Waals surface area contributed by atoms with Crippen molar-refractivity contribution in [1.82, 2.24) is 15.1 Å². The number of anilines is 1. The maximum absolute atomic E-state index is 11.4. The normalized spacial score (nSPS) is 23.2. The summed E-state index contributed by atoms with van der Waals surface area (Å²) >= 11 is -0.998. The number of nitrogens with zero attached hydrogens (tertiary/aromatic N) is 4. The van der Waals surface area contributed by atoms with E-state index in [1.165, 1.54) is 19.3 Å². The van der Waals surface area contributed by atoms with E-state index in [4.69, 9.17) is 9.26 Å². The molecule has 29 heavy (non-hydrogen) atoms. The van der Waals surface area contributed by atoms with Gasteiger partial charge in [0, 0.05) is 31.6 Å². The van der Waals surface area contributed by atoms with Gasteiger partial charge in [-0.15, -0.1) is 0 Å². The molecule has 1 saturated carbocycles. The summed E-state index contributed by atoms with van der Waals surface area (Å²) in [5.74, 6) is 3.84. The molecule has 1 saturated heterocycles. The summed E-state index contributed by atoms with van der Waals surface area (Å²) in [5.41, 5.74) is 0. The highest BCUT2D eigenvalue weighted by Gasteiger charge is 2.43. The first kappa shape index (κ1) is 20.5. The first-order valence-corrected chi connectivity index (χ1v) is 12.2. The Morgan fingerprint density at radius 1 is 1.31 bits per heavy atom. The van der Waals surface area contributed by atoms with Crippen molar-refractivity contribution in [1.29, 1.82) is 0 Å². The third kappa shape index (κ3) is 5.22. The fourth-order valence-electron chi connectivity index (χ4n) is 4.33. The average Bonchev–Trinajstić information content (AvgIpc) is 3.36. The SMILES string of the molecule is CCCc1noc(N2CCC(C3CC3CCOc3ccc([S+](C)[O-])cn3)CC2)n1. The third-order valence-electron chi connectivity index (χ3n) is 6.10. The van der Waals surface area contributed by atoms with Crippen molar-refractivity contribution in [2.75, 3.05) is 30.9 Å². The lowest BCUT2D eigenvalue weighted by atomic mass is 9.91. The van der Waals surface area contributed by atoms with Gasteiger partial charge in [-0.2, -0.15) is 4.98 Å². The van der Waals surface area contributed by atoms with Gasteiger partial charge in [-0.3, -0.25) is 0 Å². The van der Waals surface area contributed by atoms with E-state index in [0.717, 1.165) is 60.8 Å². The van der Waals surface area contributed by atoms with Gasteiger partial charge in [0.2, 0.25) is 5.88 Å². The van der Waals surface area contributed by atoms with Crippen molar-refractivity contribution in [2.45, 2.75) is 50.3 Å². The average molecular weight is 419 g/mol. The maximum atomic E-state index is 11.4. The van der Waals surface area contributed by atoms with Crippen LogP contribution in [-0.4, -0.2) is 45.6 Å². The van der Waals surface area contributed by atoms with Crippen LogP contribution in [0, 0.1) is 17.8 Å². The topological polar surface area (TPSA) is 87.3 Å². The Labute approximate surface area is 175 Å². The lowest BCUT2D eigenvalue weighted by molar-refractivity contribution is 0.274. The van der Waals surface area contributed by atoms with E-state index in [-0.39, 0.29) is 0 Å².